The molecular formula is C26H18O4S2. The second kappa shape index (κ2) is 9.77. The van der Waals surface area contributed by atoms with Crippen molar-refractivity contribution >= 4 is 35.5 Å². The molecule has 4 aromatic rings. The first-order chi connectivity index (χ1) is 15.5. The molecule has 0 saturated carbocycles. The Bertz CT molecular complexity index is 1250. The number of hydrogen-bond donors (Lipinski definition) is 2. The Morgan fingerprint density at radius 2 is 0.938 bits per heavy atom. The quantitative estimate of drug-likeness (QED) is 0.309. The molecule has 0 aliphatic heterocycles. The monoisotopic (exact) mass is 458 g/mol. The Hall–Kier alpha value is -3.48. The van der Waals surface area contributed by atoms with Crippen LogP contribution < -0.4 is 0 Å². The summed E-state index contributed by atoms with van der Waals surface area (Å²) < 4.78 is 0. The van der Waals surface area contributed by atoms with Gasteiger partial charge in [0.25, 0.3) is 0 Å². The third-order valence-electron chi connectivity index (χ3n) is 4.70. The third-order valence-corrected chi connectivity index (χ3v) is 6.71. The Balaban J connectivity index is 1.45. The standard InChI is InChI=1S/C26H18O4S2/c27-25(28)18-6-12-22(13-7-18)31-21-10-4-17(5-11-21)20-2-1-3-24(16-20)32-23-14-8-19(9-15-23)26(29)30/h1-16H,(H,27,28)(H,29,30). The predicted octanol–water partition coefficient (Wildman–Crippen LogP) is 7.05. The van der Waals surface area contributed by atoms with Crippen LogP contribution in [-0.4, -0.2) is 22.2 Å². The van der Waals surface area contributed by atoms with Crippen LogP contribution in [0.1, 0.15) is 20.7 Å². The molecule has 0 spiro atoms. The minimum Gasteiger partial charge on any atom is -0.478 e. The summed E-state index contributed by atoms with van der Waals surface area (Å²) >= 11 is 3.17. The molecule has 0 radical (unpaired) electrons. The molecule has 0 atom stereocenters. The zero-order chi connectivity index (χ0) is 22.5. The highest BCUT2D eigenvalue weighted by Gasteiger charge is 2.06. The van der Waals surface area contributed by atoms with Crippen molar-refractivity contribution in [2.45, 2.75) is 19.6 Å². The van der Waals surface area contributed by atoms with E-state index in [9.17, 15) is 9.59 Å². The fourth-order valence-corrected chi connectivity index (χ4v) is 4.75. The molecule has 4 rings (SSSR count). The Morgan fingerprint density at radius 3 is 1.41 bits per heavy atom. The summed E-state index contributed by atoms with van der Waals surface area (Å²) in [6, 6.07) is 30.1. The van der Waals surface area contributed by atoms with E-state index in [1.165, 1.54) is 0 Å². The second-order valence-electron chi connectivity index (χ2n) is 6.92. The zero-order valence-electron chi connectivity index (χ0n) is 16.8. The number of carboxylic acids is 2. The number of rotatable bonds is 7. The van der Waals surface area contributed by atoms with E-state index in [4.69, 9.17) is 10.2 Å². The Morgan fingerprint density at radius 1 is 0.500 bits per heavy atom. The molecule has 0 aromatic heterocycles. The highest BCUT2D eigenvalue weighted by Crippen LogP contribution is 2.33. The van der Waals surface area contributed by atoms with Gasteiger partial charge in [-0.25, -0.2) is 9.59 Å². The van der Waals surface area contributed by atoms with Crippen molar-refractivity contribution < 1.29 is 19.8 Å². The van der Waals surface area contributed by atoms with Crippen LogP contribution in [0.15, 0.2) is 117 Å². The second-order valence-corrected chi connectivity index (χ2v) is 9.21. The van der Waals surface area contributed by atoms with Crippen molar-refractivity contribution in [1.29, 1.82) is 0 Å². The number of aromatic carboxylic acids is 2. The summed E-state index contributed by atoms with van der Waals surface area (Å²) in [5, 5.41) is 18.0. The lowest BCUT2D eigenvalue weighted by molar-refractivity contribution is 0.0686. The topological polar surface area (TPSA) is 74.6 Å². The molecule has 0 aliphatic rings. The van der Waals surface area contributed by atoms with Crippen LogP contribution in [-0.2, 0) is 0 Å². The fraction of sp³-hybridized carbons (Fsp3) is 0. The van der Waals surface area contributed by atoms with Gasteiger partial charge in [-0.2, -0.15) is 0 Å². The van der Waals surface area contributed by atoms with Gasteiger partial charge in [-0.3, -0.25) is 0 Å². The highest BCUT2D eigenvalue weighted by molar-refractivity contribution is 7.99. The average Bonchev–Trinajstić information content (AvgIpc) is 2.80. The van der Waals surface area contributed by atoms with E-state index in [1.54, 1.807) is 47.8 Å². The summed E-state index contributed by atoms with van der Waals surface area (Å²) in [6.45, 7) is 0. The van der Waals surface area contributed by atoms with Gasteiger partial charge in [0.05, 0.1) is 11.1 Å². The molecule has 4 aromatic carbocycles. The SMILES string of the molecule is O=C(O)c1ccc(Sc2ccc(-c3cccc(Sc4ccc(C(=O)O)cc4)c3)cc2)cc1. The molecule has 0 saturated heterocycles. The van der Waals surface area contributed by atoms with E-state index >= 15 is 0 Å². The smallest absolute Gasteiger partial charge is 0.335 e. The van der Waals surface area contributed by atoms with Crippen LogP contribution in [0.25, 0.3) is 11.1 Å². The van der Waals surface area contributed by atoms with E-state index in [0.717, 1.165) is 30.7 Å². The van der Waals surface area contributed by atoms with Crippen LogP contribution in [0.5, 0.6) is 0 Å². The number of benzene rings is 4. The Labute approximate surface area is 193 Å². The molecular weight excluding hydrogens is 440 g/mol. The average molecular weight is 459 g/mol. The van der Waals surface area contributed by atoms with Crippen LogP contribution in [0.2, 0.25) is 0 Å². The van der Waals surface area contributed by atoms with Gasteiger partial charge < -0.3 is 10.2 Å². The van der Waals surface area contributed by atoms with Crippen molar-refractivity contribution in [2.75, 3.05) is 0 Å². The van der Waals surface area contributed by atoms with Gasteiger partial charge in [-0.05, 0) is 83.9 Å². The summed E-state index contributed by atoms with van der Waals surface area (Å²) in [6.07, 6.45) is 0. The van der Waals surface area contributed by atoms with Crippen LogP contribution in [0.3, 0.4) is 0 Å². The Kier molecular flexibility index (Phi) is 6.63. The molecule has 2 N–H and O–H groups in total. The molecule has 6 heteroatoms. The van der Waals surface area contributed by atoms with Gasteiger partial charge in [0.2, 0.25) is 0 Å². The van der Waals surface area contributed by atoms with Crippen molar-refractivity contribution in [2.24, 2.45) is 0 Å². The minimum atomic E-state index is -0.928. The van der Waals surface area contributed by atoms with Gasteiger partial charge >= 0.3 is 11.9 Å². The van der Waals surface area contributed by atoms with E-state index in [-0.39, 0.29) is 11.1 Å². The van der Waals surface area contributed by atoms with Gasteiger partial charge in [-0.1, -0.05) is 47.8 Å². The lowest BCUT2D eigenvalue weighted by Gasteiger charge is -2.08. The van der Waals surface area contributed by atoms with Gasteiger partial charge in [-0.15, -0.1) is 0 Å². The van der Waals surface area contributed by atoms with Crippen molar-refractivity contribution in [3.63, 3.8) is 0 Å². The first-order valence-electron chi connectivity index (χ1n) is 9.71. The van der Waals surface area contributed by atoms with E-state index in [1.807, 2.05) is 36.4 Å². The largest absolute Gasteiger partial charge is 0.478 e. The number of hydrogen-bond acceptors (Lipinski definition) is 4. The maximum atomic E-state index is 11.0. The molecule has 0 aliphatic carbocycles. The first-order valence-corrected chi connectivity index (χ1v) is 11.3. The van der Waals surface area contributed by atoms with Crippen molar-refractivity contribution in [1.82, 2.24) is 0 Å². The lowest BCUT2D eigenvalue weighted by atomic mass is 10.1. The van der Waals surface area contributed by atoms with Crippen LogP contribution in [0.4, 0.5) is 0 Å². The maximum Gasteiger partial charge on any atom is 0.335 e. The molecule has 0 amide bonds. The first kappa shape index (κ1) is 21.7. The maximum absolute atomic E-state index is 11.0. The predicted molar refractivity (Wildman–Crippen MR) is 127 cm³/mol. The van der Waals surface area contributed by atoms with Gasteiger partial charge in [0.1, 0.15) is 0 Å². The van der Waals surface area contributed by atoms with E-state index < -0.39 is 11.9 Å². The molecule has 158 valence electrons. The lowest BCUT2D eigenvalue weighted by Crippen LogP contribution is -1.94. The minimum absolute atomic E-state index is 0.277. The van der Waals surface area contributed by atoms with Gasteiger partial charge in [0, 0.05) is 19.6 Å². The fourth-order valence-electron chi connectivity index (χ4n) is 3.06. The summed E-state index contributed by atoms with van der Waals surface area (Å²) in [4.78, 5) is 26.1. The van der Waals surface area contributed by atoms with E-state index in [2.05, 4.69) is 36.4 Å². The third kappa shape index (κ3) is 5.41. The molecule has 0 fully saturated rings. The molecule has 0 unspecified atom stereocenters. The summed E-state index contributed by atoms with van der Waals surface area (Å²) in [5.74, 6) is -1.86. The summed E-state index contributed by atoms with van der Waals surface area (Å²) in [7, 11) is 0. The summed E-state index contributed by atoms with van der Waals surface area (Å²) in [5.41, 5.74) is 2.75. The highest BCUT2D eigenvalue weighted by atomic mass is 32.2. The molecule has 32 heavy (non-hydrogen) atoms. The zero-order valence-corrected chi connectivity index (χ0v) is 18.4. The number of carbonyl (C=O) groups is 2. The van der Waals surface area contributed by atoms with Crippen molar-refractivity contribution in [3.05, 3.63) is 108 Å². The van der Waals surface area contributed by atoms with Crippen LogP contribution >= 0.6 is 23.5 Å². The normalized spacial score (nSPS) is 10.6. The number of carboxylic acid groups (broad SMARTS) is 2. The van der Waals surface area contributed by atoms with Crippen molar-refractivity contribution in [3.8, 4) is 11.1 Å². The van der Waals surface area contributed by atoms with Crippen LogP contribution in [0, 0.1) is 0 Å². The molecule has 4 nitrogen and oxygen atoms in total. The molecule has 0 heterocycles. The molecule has 0 bridgehead atoms. The van der Waals surface area contributed by atoms with E-state index in [0.29, 0.717) is 0 Å². The van der Waals surface area contributed by atoms with Gasteiger partial charge in [0.15, 0.2) is 0 Å².